The fraction of sp³-hybridized carbons (Fsp3) is 0.533. The summed E-state index contributed by atoms with van der Waals surface area (Å²) in [5, 5.41) is 13.3. The highest BCUT2D eigenvalue weighted by atomic mass is 35.5. The topological polar surface area (TPSA) is 61.8 Å². The lowest BCUT2D eigenvalue weighted by Gasteiger charge is -2.34. The van der Waals surface area contributed by atoms with Crippen molar-refractivity contribution in [2.75, 3.05) is 25.5 Å². The number of piperidine rings is 1. The minimum Gasteiger partial charge on any atom is -0.495 e. The monoisotopic (exact) mass is 312 g/mol. The van der Waals surface area contributed by atoms with E-state index in [9.17, 15) is 9.90 Å². The van der Waals surface area contributed by atoms with E-state index in [4.69, 9.17) is 16.3 Å². The molecule has 1 saturated heterocycles. The molecule has 5 nitrogen and oxygen atoms in total. The third-order valence-corrected chi connectivity index (χ3v) is 4.34. The molecule has 21 heavy (non-hydrogen) atoms. The number of nitrogens with one attached hydrogen (secondary N) is 1. The Balaban J connectivity index is 2.11. The molecule has 116 valence electrons. The Kier molecular flexibility index (Phi) is 4.96. The number of halogens is 1. The largest absolute Gasteiger partial charge is 0.495 e. The van der Waals surface area contributed by atoms with Crippen molar-refractivity contribution < 1.29 is 14.6 Å². The van der Waals surface area contributed by atoms with Crippen LogP contribution in [0.15, 0.2) is 12.1 Å². The molecule has 1 aliphatic rings. The van der Waals surface area contributed by atoms with Gasteiger partial charge in [-0.15, -0.1) is 0 Å². The van der Waals surface area contributed by atoms with E-state index in [2.05, 4.69) is 5.32 Å². The number of aliphatic hydroxyl groups is 1. The number of nitrogens with zero attached hydrogens (tertiary/aromatic N) is 1. The average molecular weight is 313 g/mol. The van der Waals surface area contributed by atoms with Gasteiger partial charge in [0.25, 0.3) is 0 Å². The molecular weight excluding hydrogens is 292 g/mol. The third-order valence-electron chi connectivity index (χ3n) is 3.93. The number of ether oxygens (including phenoxy) is 1. The van der Waals surface area contributed by atoms with E-state index < -0.39 is 6.10 Å². The minimum absolute atomic E-state index is 0.223. The lowest BCUT2D eigenvalue weighted by Crippen LogP contribution is -2.47. The molecule has 1 aromatic carbocycles. The zero-order chi connectivity index (χ0) is 15.6. The quantitative estimate of drug-likeness (QED) is 0.882. The van der Waals surface area contributed by atoms with Crippen LogP contribution in [0.4, 0.5) is 10.5 Å². The number of hydrogen-bond acceptors (Lipinski definition) is 3. The Hall–Kier alpha value is -1.46. The van der Waals surface area contributed by atoms with E-state index in [1.165, 1.54) is 7.11 Å². The molecule has 2 amide bonds. The van der Waals surface area contributed by atoms with Gasteiger partial charge in [0, 0.05) is 24.2 Å². The molecule has 2 N–H and O–H groups in total. The molecular formula is C15H21ClN2O3. The Morgan fingerprint density at radius 1 is 1.52 bits per heavy atom. The smallest absolute Gasteiger partial charge is 0.322 e. The van der Waals surface area contributed by atoms with Crippen LogP contribution in [-0.2, 0) is 0 Å². The van der Waals surface area contributed by atoms with Gasteiger partial charge in [0.15, 0.2) is 0 Å². The maximum Gasteiger partial charge on any atom is 0.322 e. The van der Waals surface area contributed by atoms with Crippen molar-refractivity contribution >= 4 is 23.3 Å². The Morgan fingerprint density at radius 3 is 2.86 bits per heavy atom. The molecule has 2 unspecified atom stereocenters. The van der Waals surface area contributed by atoms with E-state index in [0.717, 1.165) is 12.0 Å². The Morgan fingerprint density at radius 2 is 2.24 bits per heavy atom. The van der Waals surface area contributed by atoms with Gasteiger partial charge in [-0.2, -0.15) is 0 Å². The number of likely N-dealkylation sites (tertiary alicyclic amines) is 1. The standard InChI is InChI=1S/C15H21ClN2O3/c1-9-4-5-18(8-13(9)19)15(20)17-12-6-10(2)11(16)7-14(12)21-3/h6-7,9,13,19H,4-5,8H2,1-3H3,(H,17,20). The van der Waals surface area contributed by atoms with Gasteiger partial charge in [-0.25, -0.2) is 4.79 Å². The maximum atomic E-state index is 12.3. The van der Waals surface area contributed by atoms with E-state index in [1.54, 1.807) is 17.0 Å². The predicted octanol–water partition coefficient (Wildman–Crippen LogP) is 2.89. The average Bonchev–Trinajstić information content (AvgIpc) is 2.45. The third kappa shape index (κ3) is 3.60. The van der Waals surface area contributed by atoms with Crippen LogP contribution in [0.1, 0.15) is 18.9 Å². The number of hydrogen-bond donors (Lipinski definition) is 2. The van der Waals surface area contributed by atoms with Crippen LogP contribution in [0.5, 0.6) is 5.75 Å². The SMILES string of the molecule is COc1cc(Cl)c(C)cc1NC(=O)N1CCC(C)C(O)C1. The van der Waals surface area contributed by atoms with E-state index in [1.807, 2.05) is 13.8 Å². The highest BCUT2D eigenvalue weighted by molar-refractivity contribution is 6.31. The summed E-state index contributed by atoms with van der Waals surface area (Å²) in [4.78, 5) is 13.9. The maximum absolute atomic E-state index is 12.3. The molecule has 0 aliphatic carbocycles. The number of aryl methyl sites for hydroxylation is 1. The van der Waals surface area contributed by atoms with Gasteiger partial charge < -0.3 is 20.1 Å². The highest BCUT2D eigenvalue weighted by Crippen LogP contribution is 2.31. The van der Waals surface area contributed by atoms with Gasteiger partial charge in [-0.3, -0.25) is 0 Å². The summed E-state index contributed by atoms with van der Waals surface area (Å²) in [6.45, 7) is 4.84. The van der Waals surface area contributed by atoms with Crippen molar-refractivity contribution in [1.82, 2.24) is 4.90 Å². The lowest BCUT2D eigenvalue weighted by molar-refractivity contribution is 0.0463. The molecule has 0 spiro atoms. The fourth-order valence-corrected chi connectivity index (χ4v) is 2.51. The van der Waals surface area contributed by atoms with Crippen molar-refractivity contribution in [3.05, 3.63) is 22.7 Å². The number of urea groups is 1. The number of amides is 2. The summed E-state index contributed by atoms with van der Waals surface area (Å²) in [7, 11) is 1.53. The molecule has 2 rings (SSSR count). The second-order valence-corrected chi connectivity index (χ2v) is 5.92. The molecule has 6 heteroatoms. The van der Waals surface area contributed by atoms with Gasteiger partial charge in [0.2, 0.25) is 0 Å². The zero-order valence-electron chi connectivity index (χ0n) is 12.5. The summed E-state index contributed by atoms with van der Waals surface area (Å²) in [5.41, 5.74) is 1.44. The Bertz CT molecular complexity index is 536. The molecule has 0 bridgehead atoms. The summed E-state index contributed by atoms with van der Waals surface area (Å²) < 4.78 is 5.24. The van der Waals surface area contributed by atoms with Crippen LogP contribution in [0.25, 0.3) is 0 Å². The zero-order valence-corrected chi connectivity index (χ0v) is 13.3. The van der Waals surface area contributed by atoms with Crippen molar-refractivity contribution in [3.63, 3.8) is 0 Å². The lowest BCUT2D eigenvalue weighted by atomic mass is 9.96. The number of methoxy groups -OCH3 is 1. The first-order chi connectivity index (χ1) is 9.92. The molecule has 2 atom stereocenters. The van der Waals surface area contributed by atoms with Crippen LogP contribution in [0.3, 0.4) is 0 Å². The van der Waals surface area contributed by atoms with E-state index in [-0.39, 0.29) is 11.9 Å². The van der Waals surface area contributed by atoms with Gasteiger partial charge in [0.1, 0.15) is 5.75 Å². The molecule has 1 aliphatic heterocycles. The number of benzene rings is 1. The summed E-state index contributed by atoms with van der Waals surface area (Å²) >= 11 is 6.05. The van der Waals surface area contributed by atoms with Gasteiger partial charge in [0.05, 0.1) is 18.9 Å². The highest BCUT2D eigenvalue weighted by Gasteiger charge is 2.27. The second kappa shape index (κ2) is 6.54. The van der Waals surface area contributed by atoms with Crippen molar-refractivity contribution in [2.45, 2.75) is 26.4 Å². The predicted molar refractivity (Wildman–Crippen MR) is 83.1 cm³/mol. The van der Waals surface area contributed by atoms with Gasteiger partial charge >= 0.3 is 6.03 Å². The minimum atomic E-state index is -0.474. The van der Waals surface area contributed by atoms with Crippen molar-refractivity contribution in [1.29, 1.82) is 0 Å². The first-order valence-corrected chi connectivity index (χ1v) is 7.38. The molecule has 1 fully saturated rings. The summed E-state index contributed by atoms with van der Waals surface area (Å²) in [5.74, 6) is 0.742. The Labute approximate surface area is 129 Å². The van der Waals surface area contributed by atoms with Crippen LogP contribution in [-0.4, -0.2) is 42.3 Å². The first-order valence-electron chi connectivity index (χ1n) is 7.00. The first kappa shape index (κ1) is 15.9. The summed E-state index contributed by atoms with van der Waals surface area (Å²) in [6.07, 6.45) is 0.323. The normalized spacial score (nSPS) is 22.0. The van der Waals surface area contributed by atoms with E-state index in [0.29, 0.717) is 29.5 Å². The number of anilines is 1. The molecule has 0 saturated carbocycles. The van der Waals surface area contributed by atoms with Crippen molar-refractivity contribution in [2.24, 2.45) is 5.92 Å². The van der Waals surface area contributed by atoms with Gasteiger partial charge in [-0.1, -0.05) is 18.5 Å². The fourth-order valence-electron chi connectivity index (χ4n) is 2.36. The van der Waals surface area contributed by atoms with Crippen LogP contribution in [0.2, 0.25) is 5.02 Å². The molecule has 0 radical (unpaired) electrons. The summed E-state index contributed by atoms with van der Waals surface area (Å²) in [6, 6.07) is 3.22. The molecule has 0 aromatic heterocycles. The number of carbonyl (C=O) groups excluding carboxylic acids is 1. The molecule has 1 heterocycles. The van der Waals surface area contributed by atoms with Crippen molar-refractivity contribution in [3.8, 4) is 5.75 Å². The van der Waals surface area contributed by atoms with Crippen LogP contribution in [0, 0.1) is 12.8 Å². The number of carbonyl (C=O) groups is 1. The van der Waals surface area contributed by atoms with Gasteiger partial charge in [-0.05, 0) is 30.9 Å². The number of aliphatic hydroxyl groups excluding tert-OH is 1. The number of β-amino-alcohol motifs (C(OH)–C–C–N with tert-alkyl or cyclic N) is 1. The van der Waals surface area contributed by atoms with Crippen LogP contribution < -0.4 is 10.1 Å². The second-order valence-electron chi connectivity index (χ2n) is 5.51. The van der Waals surface area contributed by atoms with Crippen LogP contribution >= 0.6 is 11.6 Å². The van der Waals surface area contributed by atoms with E-state index >= 15 is 0 Å². The number of rotatable bonds is 2. The molecule has 1 aromatic rings.